The van der Waals surface area contributed by atoms with E-state index in [1.54, 1.807) is 29.2 Å². The zero-order chi connectivity index (χ0) is 22.2. The van der Waals surface area contributed by atoms with Crippen LogP contribution in [0.2, 0.25) is 5.02 Å². The minimum atomic E-state index is -5.08. The second kappa shape index (κ2) is 10.5. The van der Waals surface area contributed by atoms with Crippen LogP contribution >= 0.6 is 11.6 Å². The van der Waals surface area contributed by atoms with Crippen molar-refractivity contribution in [2.45, 2.75) is 25.1 Å². The van der Waals surface area contributed by atoms with Crippen molar-refractivity contribution in [3.05, 3.63) is 29.3 Å². The molecule has 0 unspecified atom stereocenters. The molecule has 2 amide bonds. The van der Waals surface area contributed by atoms with Gasteiger partial charge in [0.05, 0.1) is 0 Å². The number of nitrogens with two attached hydrogens (primary N) is 1. The molecule has 1 aliphatic heterocycles. The van der Waals surface area contributed by atoms with E-state index < -0.39 is 24.0 Å². The number of carboxylic acid groups (broad SMARTS) is 1. The molecule has 0 saturated carbocycles. The summed E-state index contributed by atoms with van der Waals surface area (Å²) < 4.78 is 31.7. The molecule has 0 spiro atoms. The highest BCUT2D eigenvalue weighted by Gasteiger charge is 2.38. The Hall–Kier alpha value is -3.02. The van der Waals surface area contributed by atoms with Gasteiger partial charge < -0.3 is 26.4 Å². The maximum atomic E-state index is 11.9. The Morgan fingerprint density at radius 1 is 1.14 bits per heavy atom. The lowest BCUT2D eigenvalue weighted by Crippen LogP contribution is -2.50. The number of alkyl halides is 3. The van der Waals surface area contributed by atoms with Gasteiger partial charge in [-0.15, -0.1) is 0 Å². The molecule has 0 bridgehead atoms. The number of amides is 2. The molecular formula is C16H19ClF3N5O4. The number of anilines is 1. The first-order valence-electron chi connectivity index (χ1n) is 8.16. The molecule has 0 radical (unpaired) electrons. The summed E-state index contributed by atoms with van der Waals surface area (Å²) in [5.74, 6) is -4.11. The fraction of sp³-hybridized carbons (Fsp3) is 0.375. The topological polar surface area (TPSA) is 149 Å². The van der Waals surface area contributed by atoms with Crippen LogP contribution in [0.15, 0.2) is 24.3 Å². The van der Waals surface area contributed by atoms with E-state index in [1.807, 2.05) is 0 Å². The van der Waals surface area contributed by atoms with E-state index in [1.165, 1.54) is 0 Å². The van der Waals surface area contributed by atoms with Gasteiger partial charge in [0, 0.05) is 29.8 Å². The Balaban J connectivity index is 0.000000516. The average Bonchev–Trinajstić information content (AvgIpc) is 2.63. The number of piperidine rings is 1. The van der Waals surface area contributed by atoms with E-state index in [-0.39, 0.29) is 12.0 Å². The summed E-state index contributed by atoms with van der Waals surface area (Å²) in [6.45, 7) is 1.19. The number of nitrogens with one attached hydrogen (secondary N) is 3. The molecule has 0 aliphatic carbocycles. The van der Waals surface area contributed by atoms with Crippen LogP contribution < -0.4 is 16.4 Å². The summed E-state index contributed by atoms with van der Waals surface area (Å²) in [4.78, 5) is 34.3. The number of hydrogen-bond acceptors (Lipinski definition) is 4. The SMILES string of the molecule is N=C(N)N1CCC(NC(=O)C(=O)Nc2ccc(Cl)cc2)CC1.O=C(O)C(F)(F)F. The third kappa shape index (κ3) is 8.68. The summed E-state index contributed by atoms with van der Waals surface area (Å²) in [6, 6.07) is 6.43. The normalized spacial score (nSPS) is 14.3. The number of halogens is 4. The summed E-state index contributed by atoms with van der Waals surface area (Å²) in [6.07, 6.45) is -3.78. The monoisotopic (exact) mass is 437 g/mol. The van der Waals surface area contributed by atoms with Crippen LogP contribution in [0, 0.1) is 5.41 Å². The molecule has 6 N–H and O–H groups in total. The molecule has 0 atom stereocenters. The van der Waals surface area contributed by atoms with Crippen molar-refractivity contribution in [3.8, 4) is 0 Å². The van der Waals surface area contributed by atoms with Gasteiger partial charge >= 0.3 is 24.0 Å². The van der Waals surface area contributed by atoms with Crippen molar-refractivity contribution >= 4 is 41.0 Å². The molecule has 1 fully saturated rings. The number of guanidine groups is 1. The van der Waals surface area contributed by atoms with E-state index >= 15 is 0 Å². The van der Waals surface area contributed by atoms with E-state index in [4.69, 9.17) is 32.6 Å². The number of rotatable bonds is 2. The van der Waals surface area contributed by atoms with Gasteiger partial charge in [0.15, 0.2) is 5.96 Å². The standard InChI is InChI=1S/C14H18ClN5O2.C2HF3O2/c15-9-1-3-10(4-2-9)18-12(21)13(22)19-11-5-7-20(8-6-11)14(16)17;3-2(4,5)1(6)7/h1-4,11H,5-8H2,(H3,16,17)(H,18,21)(H,19,22);(H,6,7). The van der Waals surface area contributed by atoms with Crippen LogP contribution in [0.4, 0.5) is 18.9 Å². The van der Waals surface area contributed by atoms with E-state index in [0.717, 1.165) is 0 Å². The molecule has 1 saturated heterocycles. The molecule has 29 heavy (non-hydrogen) atoms. The maximum absolute atomic E-state index is 11.9. The largest absolute Gasteiger partial charge is 0.490 e. The first-order chi connectivity index (χ1) is 13.4. The Labute approximate surface area is 168 Å². The van der Waals surface area contributed by atoms with Crippen molar-refractivity contribution in [1.82, 2.24) is 10.2 Å². The predicted octanol–water partition coefficient (Wildman–Crippen LogP) is 1.39. The van der Waals surface area contributed by atoms with E-state index in [9.17, 15) is 22.8 Å². The zero-order valence-corrected chi connectivity index (χ0v) is 15.7. The second-order valence-corrected chi connectivity index (χ2v) is 6.32. The Morgan fingerprint density at radius 2 is 1.62 bits per heavy atom. The number of aliphatic carboxylic acids is 1. The smallest absolute Gasteiger partial charge is 0.475 e. The van der Waals surface area contributed by atoms with Crippen molar-refractivity contribution in [2.24, 2.45) is 5.73 Å². The number of carbonyl (C=O) groups is 3. The molecule has 2 rings (SSSR count). The van der Waals surface area contributed by atoms with Crippen LogP contribution in [0.1, 0.15) is 12.8 Å². The lowest BCUT2D eigenvalue weighted by atomic mass is 10.1. The molecule has 1 aliphatic rings. The van der Waals surface area contributed by atoms with Crippen LogP contribution in [-0.4, -0.2) is 59.1 Å². The molecule has 1 aromatic carbocycles. The molecule has 160 valence electrons. The highest BCUT2D eigenvalue weighted by atomic mass is 35.5. The first kappa shape index (κ1) is 24.0. The van der Waals surface area contributed by atoms with Gasteiger partial charge in [-0.3, -0.25) is 15.0 Å². The van der Waals surface area contributed by atoms with Crippen LogP contribution in [-0.2, 0) is 14.4 Å². The maximum Gasteiger partial charge on any atom is 0.490 e. The third-order valence-corrected chi connectivity index (χ3v) is 3.97. The molecule has 13 heteroatoms. The minimum Gasteiger partial charge on any atom is -0.475 e. The van der Waals surface area contributed by atoms with E-state index in [0.29, 0.717) is 36.6 Å². The van der Waals surface area contributed by atoms with Crippen LogP contribution in [0.3, 0.4) is 0 Å². The number of benzene rings is 1. The lowest BCUT2D eigenvalue weighted by molar-refractivity contribution is -0.192. The average molecular weight is 438 g/mol. The van der Waals surface area contributed by atoms with E-state index in [2.05, 4.69) is 10.6 Å². The van der Waals surface area contributed by atoms with Gasteiger partial charge in [0.25, 0.3) is 0 Å². The van der Waals surface area contributed by atoms with Crippen molar-refractivity contribution in [2.75, 3.05) is 18.4 Å². The zero-order valence-electron chi connectivity index (χ0n) is 14.9. The summed E-state index contributed by atoms with van der Waals surface area (Å²) in [7, 11) is 0. The first-order valence-corrected chi connectivity index (χ1v) is 8.54. The second-order valence-electron chi connectivity index (χ2n) is 5.88. The van der Waals surface area contributed by atoms with Gasteiger partial charge in [0.2, 0.25) is 0 Å². The summed E-state index contributed by atoms with van der Waals surface area (Å²) >= 11 is 5.75. The lowest BCUT2D eigenvalue weighted by Gasteiger charge is -2.32. The highest BCUT2D eigenvalue weighted by Crippen LogP contribution is 2.14. The highest BCUT2D eigenvalue weighted by molar-refractivity contribution is 6.39. The summed E-state index contributed by atoms with van der Waals surface area (Å²) in [5.41, 5.74) is 5.92. The number of likely N-dealkylation sites (tertiary alicyclic amines) is 1. The quantitative estimate of drug-likeness (QED) is 0.268. The van der Waals surface area contributed by atoms with Crippen molar-refractivity contribution in [3.63, 3.8) is 0 Å². The molecule has 0 aromatic heterocycles. The van der Waals surface area contributed by atoms with Crippen LogP contribution in [0.5, 0.6) is 0 Å². The molecule has 1 heterocycles. The Kier molecular flexibility index (Phi) is 8.70. The fourth-order valence-corrected chi connectivity index (χ4v) is 2.36. The Bertz CT molecular complexity index is 750. The van der Waals surface area contributed by atoms with Crippen molar-refractivity contribution < 1.29 is 32.7 Å². The minimum absolute atomic E-state index is 0.0326. The molecule has 9 nitrogen and oxygen atoms in total. The number of nitrogens with zero attached hydrogens (tertiary/aromatic N) is 1. The number of carboxylic acids is 1. The van der Waals surface area contributed by atoms with Gasteiger partial charge in [-0.2, -0.15) is 13.2 Å². The number of carbonyl (C=O) groups excluding carboxylic acids is 2. The number of hydrogen-bond donors (Lipinski definition) is 5. The van der Waals surface area contributed by atoms with Gasteiger partial charge in [-0.05, 0) is 37.1 Å². The van der Waals surface area contributed by atoms with Gasteiger partial charge in [0.1, 0.15) is 0 Å². The van der Waals surface area contributed by atoms with Gasteiger partial charge in [-0.25, -0.2) is 4.79 Å². The Morgan fingerprint density at radius 3 is 2.03 bits per heavy atom. The molecule has 1 aromatic rings. The predicted molar refractivity (Wildman–Crippen MR) is 98.4 cm³/mol. The fourth-order valence-electron chi connectivity index (χ4n) is 2.24. The van der Waals surface area contributed by atoms with Crippen molar-refractivity contribution in [1.29, 1.82) is 5.41 Å². The summed E-state index contributed by atoms with van der Waals surface area (Å²) in [5, 5.41) is 20.2. The van der Waals surface area contributed by atoms with Crippen LogP contribution in [0.25, 0.3) is 0 Å². The third-order valence-electron chi connectivity index (χ3n) is 3.72. The molecular weight excluding hydrogens is 419 g/mol. The van der Waals surface area contributed by atoms with Gasteiger partial charge in [-0.1, -0.05) is 11.6 Å².